The molecule has 0 saturated heterocycles. The second-order valence-electron chi connectivity index (χ2n) is 3.22. The van der Waals surface area contributed by atoms with Gasteiger partial charge < -0.3 is 16.2 Å². The van der Waals surface area contributed by atoms with Gasteiger partial charge in [-0.25, -0.2) is 0 Å². The molecule has 1 atom stereocenters. The summed E-state index contributed by atoms with van der Waals surface area (Å²) in [6.45, 7) is 0.689. The zero-order valence-corrected chi connectivity index (χ0v) is 7.42. The van der Waals surface area contributed by atoms with E-state index in [0.717, 1.165) is 18.5 Å². The van der Waals surface area contributed by atoms with Gasteiger partial charge >= 0.3 is 0 Å². The summed E-state index contributed by atoms with van der Waals surface area (Å²) in [6.07, 6.45) is 7.42. The molecule has 1 rings (SSSR count). The largest absolute Gasteiger partial charge is 0.399 e. The molecule has 4 N–H and O–H groups in total. The van der Waals surface area contributed by atoms with E-state index in [0.29, 0.717) is 6.61 Å². The molecule has 1 aliphatic carbocycles. The number of hydrogen-bond donors (Lipinski definition) is 2. The lowest BCUT2D eigenvalue weighted by Gasteiger charge is -2.26. The van der Waals surface area contributed by atoms with Crippen LogP contribution in [0.1, 0.15) is 12.8 Å². The van der Waals surface area contributed by atoms with E-state index in [9.17, 15) is 0 Å². The molecule has 3 nitrogen and oxygen atoms in total. The van der Waals surface area contributed by atoms with Gasteiger partial charge in [0.15, 0.2) is 0 Å². The minimum Gasteiger partial charge on any atom is -0.399 e. The summed E-state index contributed by atoms with van der Waals surface area (Å²) in [4.78, 5) is 0. The summed E-state index contributed by atoms with van der Waals surface area (Å²) in [5.74, 6) is 0. The van der Waals surface area contributed by atoms with Crippen molar-refractivity contribution in [3.63, 3.8) is 0 Å². The molecule has 0 radical (unpaired) electrons. The molecule has 3 heteroatoms. The van der Waals surface area contributed by atoms with E-state index < -0.39 is 0 Å². The van der Waals surface area contributed by atoms with Crippen molar-refractivity contribution in [3.05, 3.63) is 23.9 Å². The van der Waals surface area contributed by atoms with Gasteiger partial charge in [-0.2, -0.15) is 0 Å². The molecule has 1 aliphatic rings. The Labute approximate surface area is 73.1 Å². The number of rotatable bonds is 3. The van der Waals surface area contributed by atoms with Gasteiger partial charge in [0.1, 0.15) is 0 Å². The zero-order chi connectivity index (χ0) is 9.03. The molecule has 0 aromatic heterocycles. The fourth-order valence-corrected chi connectivity index (χ4v) is 1.18. The van der Waals surface area contributed by atoms with E-state index >= 15 is 0 Å². The van der Waals surface area contributed by atoms with Crippen LogP contribution < -0.4 is 11.5 Å². The third kappa shape index (κ3) is 2.36. The monoisotopic (exact) mass is 168 g/mol. The Morgan fingerprint density at radius 2 is 2.42 bits per heavy atom. The quantitative estimate of drug-likeness (QED) is 0.646. The van der Waals surface area contributed by atoms with Gasteiger partial charge in [-0.15, -0.1) is 0 Å². The maximum absolute atomic E-state index is 6.04. The standard InChI is InChI=1S/C9H16N2O/c1-12-7-6-9(11)4-2-8(10)3-5-9/h2-4H,5-7,10-11H2,1H3. The Morgan fingerprint density at radius 1 is 1.67 bits per heavy atom. The third-order valence-corrected chi connectivity index (χ3v) is 2.10. The molecule has 0 aromatic rings. The Bertz CT molecular complexity index is 211. The second kappa shape index (κ2) is 3.74. The van der Waals surface area contributed by atoms with Crippen molar-refractivity contribution in [2.75, 3.05) is 13.7 Å². The van der Waals surface area contributed by atoms with Crippen LogP contribution in [0.2, 0.25) is 0 Å². The number of allylic oxidation sites excluding steroid dienone is 1. The fraction of sp³-hybridized carbons (Fsp3) is 0.556. The van der Waals surface area contributed by atoms with Crippen LogP contribution >= 0.6 is 0 Å². The van der Waals surface area contributed by atoms with E-state index in [-0.39, 0.29) is 5.54 Å². The molecule has 0 heterocycles. The minimum atomic E-state index is -0.251. The molecule has 68 valence electrons. The summed E-state index contributed by atoms with van der Waals surface area (Å²) >= 11 is 0. The van der Waals surface area contributed by atoms with Gasteiger partial charge in [0, 0.05) is 25.0 Å². The van der Waals surface area contributed by atoms with Crippen molar-refractivity contribution < 1.29 is 4.74 Å². The van der Waals surface area contributed by atoms with Crippen molar-refractivity contribution in [1.82, 2.24) is 0 Å². The van der Waals surface area contributed by atoms with Gasteiger partial charge in [0.25, 0.3) is 0 Å². The average molecular weight is 168 g/mol. The molecule has 0 fully saturated rings. The van der Waals surface area contributed by atoms with Crippen molar-refractivity contribution in [1.29, 1.82) is 0 Å². The van der Waals surface area contributed by atoms with Gasteiger partial charge in [-0.1, -0.05) is 12.2 Å². The second-order valence-corrected chi connectivity index (χ2v) is 3.22. The molecule has 0 aliphatic heterocycles. The highest BCUT2D eigenvalue weighted by atomic mass is 16.5. The van der Waals surface area contributed by atoms with E-state index in [4.69, 9.17) is 16.2 Å². The Hall–Kier alpha value is -0.800. The van der Waals surface area contributed by atoms with Crippen molar-refractivity contribution in [3.8, 4) is 0 Å². The van der Waals surface area contributed by atoms with E-state index in [1.807, 2.05) is 18.2 Å². The van der Waals surface area contributed by atoms with Crippen molar-refractivity contribution >= 4 is 0 Å². The normalized spacial score (nSPS) is 28.7. The number of hydrogen-bond acceptors (Lipinski definition) is 3. The molecule has 1 unspecified atom stereocenters. The molecule has 0 saturated carbocycles. The number of ether oxygens (including phenoxy) is 1. The molecular weight excluding hydrogens is 152 g/mol. The lowest BCUT2D eigenvalue weighted by molar-refractivity contribution is 0.177. The van der Waals surface area contributed by atoms with Crippen LogP contribution in [0, 0.1) is 0 Å². The predicted molar refractivity (Wildman–Crippen MR) is 49.4 cm³/mol. The molecule has 12 heavy (non-hydrogen) atoms. The van der Waals surface area contributed by atoms with Gasteiger partial charge in [-0.05, 0) is 18.9 Å². The maximum Gasteiger partial charge on any atom is 0.0483 e. The highest BCUT2D eigenvalue weighted by molar-refractivity contribution is 5.26. The SMILES string of the molecule is COCCC1(N)C=CC(N)=CC1. The predicted octanol–water partition coefficient (Wildman–Crippen LogP) is 0.523. The first-order valence-corrected chi connectivity index (χ1v) is 4.09. The van der Waals surface area contributed by atoms with Crippen molar-refractivity contribution in [2.24, 2.45) is 11.5 Å². The Balaban J connectivity index is 2.47. The van der Waals surface area contributed by atoms with Crippen LogP contribution in [0.25, 0.3) is 0 Å². The molecule has 0 spiro atoms. The topological polar surface area (TPSA) is 61.3 Å². The fourth-order valence-electron chi connectivity index (χ4n) is 1.18. The lowest BCUT2D eigenvalue weighted by atomic mass is 9.88. The van der Waals surface area contributed by atoms with Crippen LogP contribution in [-0.2, 0) is 4.74 Å². The number of nitrogens with two attached hydrogens (primary N) is 2. The first kappa shape index (κ1) is 9.29. The summed E-state index contributed by atoms with van der Waals surface area (Å²) in [5, 5.41) is 0. The molecule has 0 bridgehead atoms. The molecular formula is C9H16N2O. The lowest BCUT2D eigenvalue weighted by Crippen LogP contribution is -2.39. The summed E-state index contributed by atoms with van der Waals surface area (Å²) in [5.41, 5.74) is 12.2. The minimum absolute atomic E-state index is 0.251. The number of methoxy groups -OCH3 is 1. The van der Waals surface area contributed by atoms with Gasteiger partial charge in [-0.3, -0.25) is 0 Å². The van der Waals surface area contributed by atoms with Crippen LogP contribution in [-0.4, -0.2) is 19.3 Å². The zero-order valence-electron chi connectivity index (χ0n) is 7.42. The summed E-state index contributed by atoms with van der Waals surface area (Å²) in [7, 11) is 1.68. The average Bonchev–Trinajstić information content (AvgIpc) is 2.08. The highest BCUT2D eigenvalue weighted by Crippen LogP contribution is 2.19. The van der Waals surface area contributed by atoms with Crippen LogP contribution in [0.3, 0.4) is 0 Å². The van der Waals surface area contributed by atoms with Gasteiger partial charge in [0.05, 0.1) is 0 Å². The summed E-state index contributed by atoms with van der Waals surface area (Å²) < 4.78 is 4.97. The van der Waals surface area contributed by atoms with Crippen LogP contribution in [0.5, 0.6) is 0 Å². The van der Waals surface area contributed by atoms with E-state index in [1.165, 1.54) is 0 Å². The maximum atomic E-state index is 6.04. The van der Waals surface area contributed by atoms with E-state index in [1.54, 1.807) is 7.11 Å². The smallest absolute Gasteiger partial charge is 0.0483 e. The third-order valence-electron chi connectivity index (χ3n) is 2.10. The first-order valence-electron chi connectivity index (χ1n) is 4.09. The molecule has 0 amide bonds. The Kier molecular flexibility index (Phi) is 2.89. The van der Waals surface area contributed by atoms with Gasteiger partial charge in [0.2, 0.25) is 0 Å². The molecule has 0 aromatic carbocycles. The Morgan fingerprint density at radius 3 is 2.92 bits per heavy atom. The van der Waals surface area contributed by atoms with Crippen LogP contribution in [0.15, 0.2) is 23.9 Å². The van der Waals surface area contributed by atoms with E-state index in [2.05, 4.69) is 0 Å². The summed E-state index contributed by atoms with van der Waals surface area (Å²) in [6, 6.07) is 0. The van der Waals surface area contributed by atoms with Crippen molar-refractivity contribution in [2.45, 2.75) is 18.4 Å². The van der Waals surface area contributed by atoms with Crippen LogP contribution in [0.4, 0.5) is 0 Å². The first-order chi connectivity index (χ1) is 5.66. The highest BCUT2D eigenvalue weighted by Gasteiger charge is 2.21.